The fraction of sp³-hybridized carbons (Fsp3) is 0.625. The van der Waals surface area contributed by atoms with Crippen molar-refractivity contribution >= 4 is 0 Å². The second kappa shape index (κ2) is 7.50. The van der Waals surface area contributed by atoms with E-state index in [4.69, 9.17) is 19.9 Å². The van der Waals surface area contributed by atoms with E-state index in [1.807, 2.05) is 18.2 Å². The van der Waals surface area contributed by atoms with Gasteiger partial charge >= 0.3 is 0 Å². The van der Waals surface area contributed by atoms with Gasteiger partial charge in [-0.25, -0.2) is 0 Å². The van der Waals surface area contributed by atoms with Crippen molar-refractivity contribution in [2.75, 3.05) is 20.5 Å². The van der Waals surface area contributed by atoms with Crippen LogP contribution in [0.4, 0.5) is 0 Å². The highest BCUT2D eigenvalue weighted by Crippen LogP contribution is 2.32. The summed E-state index contributed by atoms with van der Waals surface area (Å²) >= 11 is 0. The summed E-state index contributed by atoms with van der Waals surface area (Å²) in [6.45, 7) is 3.15. The van der Waals surface area contributed by atoms with Gasteiger partial charge in [0.15, 0.2) is 18.3 Å². The van der Waals surface area contributed by atoms with Crippen molar-refractivity contribution in [3.05, 3.63) is 23.8 Å². The van der Waals surface area contributed by atoms with Crippen molar-refractivity contribution in [2.24, 2.45) is 11.7 Å². The zero-order chi connectivity index (χ0) is 14.4. The van der Waals surface area contributed by atoms with Crippen LogP contribution in [-0.4, -0.2) is 26.6 Å². The first kappa shape index (κ1) is 15.1. The van der Waals surface area contributed by atoms with Gasteiger partial charge in [0.1, 0.15) is 0 Å². The first-order chi connectivity index (χ1) is 9.74. The molecule has 1 aliphatic carbocycles. The van der Waals surface area contributed by atoms with E-state index in [1.54, 1.807) is 7.11 Å². The molecule has 0 aromatic heterocycles. The summed E-state index contributed by atoms with van der Waals surface area (Å²) in [4.78, 5) is 0. The van der Waals surface area contributed by atoms with Crippen LogP contribution in [0.5, 0.6) is 11.5 Å². The molecule has 112 valence electrons. The summed E-state index contributed by atoms with van der Waals surface area (Å²) in [5, 5.41) is 0. The van der Waals surface area contributed by atoms with Crippen LogP contribution in [0, 0.1) is 5.92 Å². The zero-order valence-corrected chi connectivity index (χ0v) is 12.4. The largest absolute Gasteiger partial charge is 0.493 e. The maximum Gasteiger partial charge on any atom is 0.189 e. The molecular formula is C16H25NO3. The van der Waals surface area contributed by atoms with Crippen LogP contribution in [0.25, 0.3) is 0 Å². The summed E-state index contributed by atoms with van der Waals surface area (Å²) < 4.78 is 16.7. The van der Waals surface area contributed by atoms with Crippen molar-refractivity contribution in [1.29, 1.82) is 0 Å². The van der Waals surface area contributed by atoms with Gasteiger partial charge in [-0.05, 0) is 43.2 Å². The third-order valence-electron chi connectivity index (χ3n) is 3.62. The fourth-order valence-electron chi connectivity index (χ4n) is 2.07. The molecule has 4 heteroatoms. The number of ether oxygens (including phenoxy) is 3. The quantitative estimate of drug-likeness (QED) is 0.558. The number of benzene rings is 1. The van der Waals surface area contributed by atoms with Crippen LogP contribution in [-0.2, 0) is 11.2 Å². The van der Waals surface area contributed by atoms with Gasteiger partial charge in [0.25, 0.3) is 0 Å². The Kier molecular flexibility index (Phi) is 5.68. The van der Waals surface area contributed by atoms with Crippen molar-refractivity contribution < 1.29 is 14.2 Å². The van der Waals surface area contributed by atoms with Crippen LogP contribution < -0.4 is 15.2 Å². The Hall–Kier alpha value is -1.26. The molecule has 1 saturated carbocycles. The maximum atomic E-state index is 6.04. The maximum absolute atomic E-state index is 6.04. The smallest absolute Gasteiger partial charge is 0.189 e. The molecular weight excluding hydrogens is 254 g/mol. The molecule has 1 atom stereocenters. The monoisotopic (exact) mass is 279 g/mol. The Labute approximate surface area is 121 Å². The van der Waals surface area contributed by atoms with E-state index in [1.165, 1.54) is 12.8 Å². The first-order valence-corrected chi connectivity index (χ1v) is 7.36. The van der Waals surface area contributed by atoms with E-state index >= 15 is 0 Å². The van der Waals surface area contributed by atoms with Gasteiger partial charge in [-0.15, -0.1) is 0 Å². The van der Waals surface area contributed by atoms with Crippen molar-refractivity contribution in [3.63, 3.8) is 0 Å². The summed E-state index contributed by atoms with van der Waals surface area (Å²) in [6.07, 6.45) is 4.29. The minimum absolute atomic E-state index is 0.136. The molecule has 0 saturated heterocycles. The number of hydrogen-bond donors (Lipinski definition) is 1. The average molecular weight is 279 g/mol. The lowest BCUT2D eigenvalue weighted by Crippen LogP contribution is -2.22. The van der Waals surface area contributed by atoms with Crippen LogP contribution in [0.1, 0.15) is 31.7 Å². The molecule has 0 radical (unpaired) electrons. The standard InChI is InChI=1S/C16H25NO3/c1-3-14(17)9-13-5-4-6-15(18-2)16(13)20-11-19-10-12-7-8-12/h4-6,12,14H,3,7-11,17H2,1-2H3. The lowest BCUT2D eigenvalue weighted by molar-refractivity contribution is 0.00808. The third-order valence-corrected chi connectivity index (χ3v) is 3.62. The van der Waals surface area contributed by atoms with E-state index in [2.05, 4.69) is 6.92 Å². The van der Waals surface area contributed by atoms with Crippen LogP contribution >= 0.6 is 0 Å². The molecule has 1 unspecified atom stereocenters. The molecule has 1 aliphatic rings. The zero-order valence-electron chi connectivity index (χ0n) is 12.4. The number of rotatable bonds is 9. The minimum Gasteiger partial charge on any atom is -0.493 e. The van der Waals surface area contributed by atoms with Crippen LogP contribution in [0.15, 0.2) is 18.2 Å². The second-order valence-electron chi connectivity index (χ2n) is 5.40. The normalized spacial score (nSPS) is 15.9. The van der Waals surface area contributed by atoms with Gasteiger partial charge in [0, 0.05) is 6.04 Å². The van der Waals surface area contributed by atoms with Crippen LogP contribution in [0.2, 0.25) is 0 Å². The summed E-state index contributed by atoms with van der Waals surface area (Å²) in [6, 6.07) is 6.04. The van der Waals surface area contributed by atoms with E-state index in [0.29, 0.717) is 0 Å². The SMILES string of the molecule is CCC(N)Cc1cccc(OC)c1OCOCC1CC1. The van der Waals surface area contributed by atoms with Crippen LogP contribution in [0.3, 0.4) is 0 Å². The lowest BCUT2D eigenvalue weighted by atomic mass is 10.0. The topological polar surface area (TPSA) is 53.7 Å². The lowest BCUT2D eigenvalue weighted by Gasteiger charge is -2.17. The molecule has 20 heavy (non-hydrogen) atoms. The number of para-hydroxylation sites is 1. The van der Waals surface area contributed by atoms with E-state index in [9.17, 15) is 0 Å². The molecule has 1 aromatic carbocycles. The Morgan fingerprint density at radius 3 is 2.80 bits per heavy atom. The highest BCUT2D eigenvalue weighted by Gasteiger charge is 2.21. The van der Waals surface area contributed by atoms with E-state index < -0.39 is 0 Å². The summed E-state index contributed by atoms with van der Waals surface area (Å²) in [5.74, 6) is 2.24. The van der Waals surface area contributed by atoms with Gasteiger partial charge in [-0.1, -0.05) is 19.1 Å². The minimum atomic E-state index is 0.136. The number of hydrogen-bond acceptors (Lipinski definition) is 4. The van der Waals surface area contributed by atoms with Gasteiger partial charge in [-0.2, -0.15) is 0 Å². The molecule has 2 N–H and O–H groups in total. The van der Waals surface area contributed by atoms with Crippen molar-refractivity contribution in [3.8, 4) is 11.5 Å². The van der Waals surface area contributed by atoms with Crippen molar-refractivity contribution in [2.45, 2.75) is 38.6 Å². The van der Waals surface area contributed by atoms with E-state index in [-0.39, 0.29) is 12.8 Å². The average Bonchev–Trinajstić information content (AvgIpc) is 3.28. The molecule has 0 amide bonds. The van der Waals surface area contributed by atoms with Gasteiger partial charge in [-0.3, -0.25) is 0 Å². The summed E-state index contributed by atoms with van der Waals surface area (Å²) in [7, 11) is 1.65. The molecule has 0 bridgehead atoms. The molecule has 4 nitrogen and oxygen atoms in total. The molecule has 0 aliphatic heterocycles. The number of nitrogens with two attached hydrogens (primary N) is 1. The third kappa shape index (κ3) is 4.39. The molecule has 1 fully saturated rings. The van der Waals surface area contributed by atoms with E-state index in [0.717, 1.165) is 42.4 Å². The predicted molar refractivity (Wildman–Crippen MR) is 79.1 cm³/mol. The predicted octanol–water partition coefficient (Wildman–Crippen LogP) is 2.74. The Morgan fingerprint density at radius 1 is 1.35 bits per heavy atom. The molecule has 2 rings (SSSR count). The van der Waals surface area contributed by atoms with Crippen molar-refractivity contribution in [1.82, 2.24) is 0 Å². The van der Waals surface area contributed by atoms with Gasteiger partial charge < -0.3 is 19.9 Å². The Balaban J connectivity index is 1.97. The molecule has 0 heterocycles. The fourth-order valence-corrected chi connectivity index (χ4v) is 2.07. The molecule has 0 spiro atoms. The summed E-state index contributed by atoms with van der Waals surface area (Å²) in [5.41, 5.74) is 7.12. The first-order valence-electron chi connectivity index (χ1n) is 7.36. The second-order valence-corrected chi connectivity index (χ2v) is 5.40. The van der Waals surface area contributed by atoms with Gasteiger partial charge in [0.05, 0.1) is 13.7 Å². The Bertz CT molecular complexity index is 418. The molecule has 1 aromatic rings. The Morgan fingerprint density at radius 2 is 2.15 bits per heavy atom. The highest BCUT2D eigenvalue weighted by molar-refractivity contribution is 5.46. The van der Waals surface area contributed by atoms with Gasteiger partial charge in [0.2, 0.25) is 0 Å². The highest BCUT2D eigenvalue weighted by atomic mass is 16.7. The number of methoxy groups -OCH3 is 1.